The molecular formula is C13H15F3N2O. The summed E-state index contributed by atoms with van der Waals surface area (Å²) in [6, 6.07) is 2.92. The molecule has 1 aromatic carbocycles. The van der Waals surface area contributed by atoms with E-state index in [-0.39, 0.29) is 5.91 Å². The number of fused-ring (bicyclic) bond motifs is 1. The maximum Gasteiger partial charge on any atom is 0.416 e. The smallest absolute Gasteiger partial charge is 0.324 e. The summed E-state index contributed by atoms with van der Waals surface area (Å²) in [5.74, 6) is -0.185. The normalized spacial score (nSPS) is 19.8. The first-order valence-electron chi connectivity index (χ1n) is 6.05. The number of hydrogen-bond donors (Lipinski definition) is 1. The van der Waals surface area contributed by atoms with Gasteiger partial charge in [0.2, 0.25) is 5.91 Å². The molecule has 0 aliphatic carbocycles. The van der Waals surface area contributed by atoms with Crippen LogP contribution in [0, 0.1) is 0 Å². The van der Waals surface area contributed by atoms with Gasteiger partial charge >= 0.3 is 6.18 Å². The summed E-state index contributed by atoms with van der Waals surface area (Å²) in [7, 11) is 0. The average molecular weight is 272 g/mol. The van der Waals surface area contributed by atoms with Crippen molar-refractivity contribution < 1.29 is 18.0 Å². The van der Waals surface area contributed by atoms with Crippen molar-refractivity contribution in [3.05, 3.63) is 29.3 Å². The van der Waals surface area contributed by atoms with Crippen LogP contribution < -0.4 is 10.6 Å². The lowest BCUT2D eigenvalue weighted by molar-refractivity contribution is -0.137. The minimum atomic E-state index is -4.40. The van der Waals surface area contributed by atoms with Crippen LogP contribution in [-0.2, 0) is 11.0 Å². The van der Waals surface area contributed by atoms with Crippen molar-refractivity contribution in [2.45, 2.75) is 32.0 Å². The van der Waals surface area contributed by atoms with Gasteiger partial charge in [0.25, 0.3) is 0 Å². The molecule has 1 aliphatic heterocycles. The third-order valence-electron chi connectivity index (χ3n) is 3.32. The van der Waals surface area contributed by atoms with Crippen LogP contribution in [0.15, 0.2) is 18.2 Å². The fourth-order valence-corrected chi connectivity index (χ4v) is 2.35. The topological polar surface area (TPSA) is 46.3 Å². The van der Waals surface area contributed by atoms with Crippen LogP contribution in [-0.4, -0.2) is 12.5 Å². The van der Waals surface area contributed by atoms with Gasteiger partial charge in [-0.3, -0.25) is 4.79 Å². The van der Waals surface area contributed by atoms with Crippen molar-refractivity contribution in [1.82, 2.24) is 0 Å². The van der Waals surface area contributed by atoms with Gasteiger partial charge in [-0.25, -0.2) is 0 Å². The van der Waals surface area contributed by atoms with Crippen LogP contribution in [0.5, 0.6) is 0 Å². The first-order chi connectivity index (χ1) is 8.80. The summed E-state index contributed by atoms with van der Waals surface area (Å²) in [4.78, 5) is 13.1. The lowest BCUT2D eigenvalue weighted by Gasteiger charge is -2.23. The van der Waals surface area contributed by atoms with Crippen molar-refractivity contribution in [1.29, 1.82) is 0 Å². The molecule has 0 saturated heterocycles. The predicted molar refractivity (Wildman–Crippen MR) is 65.6 cm³/mol. The van der Waals surface area contributed by atoms with Crippen LogP contribution in [0.2, 0.25) is 0 Å². The van der Waals surface area contributed by atoms with Gasteiger partial charge in [-0.15, -0.1) is 0 Å². The molecule has 0 radical (unpaired) electrons. The van der Waals surface area contributed by atoms with Gasteiger partial charge in [0, 0.05) is 25.2 Å². The molecule has 2 rings (SSSR count). The molecule has 1 unspecified atom stereocenters. The summed E-state index contributed by atoms with van der Waals surface area (Å²) < 4.78 is 38.2. The number of hydrogen-bond acceptors (Lipinski definition) is 2. The van der Waals surface area contributed by atoms with E-state index in [9.17, 15) is 18.0 Å². The number of benzene rings is 1. The maximum atomic E-state index is 12.7. The van der Waals surface area contributed by atoms with Gasteiger partial charge in [0.1, 0.15) is 0 Å². The Labute approximate surface area is 109 Å². The van der Waals surface area contributed by atoms with Crippen molar-refractivity contribution in [3.63, 3.8) is 0 Å². The molecule has 2 N–H and O–H groups in total. The van der Waals surface area contributed by atoms with Crippen LogP contribution in [0.4, 0.5) is 18.9 Å². The Balaban J connectivity index is 2.53. The van der Waals surface area contributed by atoms with Gasteiger partial charge in [0.15, 0.2) is 0 Å². The zero-order valence-corrected chi connectivity index (χ0v) is 10.5. The Morgan fingerprint density at radius 1 is 1.42 bits per heavy atom. The summed E-state index contributed by atoms with van der Waals surface area (Å²) in [5.41, 5.74) is 6.07. The van der Waals surface area contributed by atoms with E-state index in [0.717, 1.165) is 12.1 Å². The van der Waals surface area contributed by atoms with E-state index in [1.54, 1.807) is 0 Å². The van der Waals surface area contributed by atoms with Gasteiger partial charge < -0.3 is 10.6 Å². The van der Waals surface area contributed by atoms with Crippen LogP contribution >= 0.6 is 0 Å². The highest BCUT2D eigenvalue weighted by atomic mass is 19.4. The molecule has 1 atom stereocenters. The number of nitrogens with two attached hydrogens (primary N) is 1. The summed E-state index contributed by atoms with van der Waals surface area (Å²) in [6.45, 7) is 1.89. The highest BCUT2D eigenvalue weighted by Crippen LogP contribution is 2.37. The molecule has 1 aromatic rings. The molecule has 0 fully saturated rings. The van der Waals surface area contributed by atoms with Crippen molar-refractivity contribution in [2.75, 3.05) is 11.4 Å². The number of amides is 1. The molecule has 0 saturated carbocycles. The molecule has 1 amide bonds. The third-order valence-corrected chi connectivity index (χ3v) is 3.32. The van der Waals surface area contributed by atoms with Crippen LogP contribution in [0.1, 0.15) is 36.9 Å². The first kappa shape index (κ1) is 13.9. The summed E-state index contributed by atoms with van der Waals surface area (Å²) in [6.07, 6.45) is -3.16. The Bertz CT molecular complexity index is 499. The third kappa shape index (κ3) is 2.73. The molecule has 3 nitrogen and oxygen atoms in total. The minimum absolute atomic E-state index is 0.185. The van der Waals surface area contributed by atoms with E-state index < -0.39 is 17.8 Å². The summed E-state index contributed by atoms with van der Waals surface area (Å²) >= 11 is 0. The van der Waals surface area contributed by atoms with E-state index in [4.69, 9.17) is 5.73 Å². The zero-order valence-electron chi connectivity index (χ0n) is 10.5. The lowest BCUT2D eigenvalue weighted by atomic mass is 10.00. The molecule has 6 heteroatoms. The highest BCUT2D eigenvalue weighted by Gasteiger charge is 2.33. The van der Waals surface area contributed by atoms with E-state index in [2.05, 4.69) is 0 Å². The van der Waals surface area contributed by atoms with Gasteiger partial charge in [-0.05, 0) is 36.6 Å². The number of anilines is 1. The van der Waals surface area contributed by atoms with Crippen LogP contribution in [0.3, 0.4) is 0 Å². The van der Waals surface area contributed by atoms with Gasteiger partial charge in [0.05, 0.1) is 5.56 Å². The Kier molecular flexibility index (Phi) is 3.54. The van der Waals surface area contributed by atoms with E-state index >= 15 is 0 Å². The zero-order chi connectivity index (χ0) is 14.2. The molecular weight excluding hydrogens is 257 g/mol. The number of nitrogens with zero attached hydrogens (tertiary/aromatic N) is 1. The second-order valence-electron chi connectivity index (χ2n) is 4.69. The van der Waals surface area contributed by atoms with Crippen molar-refractivity contribution in [3.8, 4) is 0 Å². The Morgan fingerprint density at radius 3 is 2.68 bits per heavy atom. The van der Waals surface area contributed by atoms with Crippen molar-refractivity contribution >= 4 is 11.6 Å². The average Bonchev–Trinajstić information content (AvgIpc) is 2.47. The van der Waals surface area contributed by atoms with E-state index in [1.165, 1.54) is 17.9 Å². The number of rotatable bonds is 0. The quantitative estimate of drug-likeness (QED) is 0.789. The summed E-state index contributed by atoms with van der Waals surface area (Å²) in [5, 5.41) is 0. The Hall–Kier alpha value is -1.56. The molecule has 0 spiro atoms. The largest absolute Gasteiger partial charge is 0.416 e. The maximum absolute atomic E-state index is 12.7. The standard InChI is InChI=1S/C13H15F3N2O/c1-8(19)18-6-2-3-11(17)10-7-9(13(14,15)16)4-5-12(10)18/h4-5,7,11H,2-3,6,17H2,1H3. The molecule has 0 bridgehead atoms. The minimum Gasteiger partial charge on any atom is -0.324 e. The van der Waals surface area contributed by atoms with Gasteiger partial charge in [-0.1, -0.05) is 0 Å². The first-order valence-corrected chi connectivity index (χ1v) is 6.05. The number of alkyl halides is 3. The molecule has 0 aromatic heterocycles. The second-order valence-corrected chi connectivity index (χ2v) is 4.69. The van der Waals surface area contributed by atoms with Crippen molar-refractivity contribution in [2.24, 2.45) is 5.73 Å². The number of carbonyl (C=O) groups excluding carboxylic acids is 1. The number of carbonyl (C=O) groups is 1. The Morgan fingerprint density at radius 2 is 2.11 bits per heavy atom. The molecule has 1 heterocycles. The van der Waals surface area contributed by atoms with Crippen LogP contribution in [0.25, 0.3) is 0 Å². The van der Waals surface area contributed by atoms with E-state index in [1.807, 2.05) is 0 Å². The fourth-order valence-electron chi connectivity index (χ4n) is 2.35. The lowest BCUT2D eigenvalue weighted by Crippen LogP contribution is -2.29. The molecule has 104 valence electrons. The monoisotopic (exact) mass is 272 g/mol. The molecule has 19 heavy (non-hydrogen) atoms. The second kappa shape index (κ2) is 4.85. The predicted octanol–water partition coefficient (Wildman–Crippen LogP) is 2.85. The highest BCUT2D eigenvalue weighted by molar-refractivity contribution is 5.92. The van der Waals surface area contributed by atoms with E-state index in [0.29, 0.717) is 30.6 Å². The van der Waals surface area contributed by atoms with Gasteiger partial charge in [-0.2, -0.15) is 13.2 Å². The SMILES string of the molecule is CC(=O)N1CCCC(N)c2cc(C(F)(F)F)ccc21. The fraction of sp³-hybridized carbons (Fsp3) is 0.462. The number of halogens is 3. The molecule has 1 aliphatic rings.